The van der Waals surface area contributed by atoms with Gasteiger partial charge in [-0.3, -0.25) is 9.59 Å². The second-order valence-electron chi connectivity index (χ2n) is 5.86. The van der Waals surface area contributed by atoms with Crippen LogP contribution < -0.4 is 5.32 Å². The molecule has 2 aromatic rings. The molecule has 1 fully saturated rings. The van der Waals surface area contributed by atoms with E-state index in [0.29, 0.717) is 16.3 Å². The van der Waals surface area contributed by atoms with Gasteiger partial charge in [0, 0.05) is 30.5 Å². The van der Waals surface area contributed by atoms with Gasteiger partial charge in [-0.25, -0.2) is 4.98 Å². The minimum absolute atomic E-state index is 0.0967. The van der Waals surface area contributed by atoms with Crippen LogP contribution in [0.5, 0.6) is 0 Å². The van der Waals surface area contributed by atoms with Crippen LogP contribution in [0.2, 0.25) is 5.02 Å². The number of likely N-dealkylation sites (tertiary alicyclic amines) is 1. The second kappa shape index (κ2) is 7.05. The fourth-order valence-corrected chi connectivity index (χ4v) is 2.94. The molecule has 7 heteroatoms. The standard InChI is InChI=1S/C17H19ClN4O2/c1-12(22-9-6-19-11-22)16(23)20-15-5-4-13(18)10-14(15)17(24)21-7-2-3-8-21/h4-6,9-12H,2-3,7-8H2,1H3,(H,20,23). The number of hydrogen-bond acceptors (Lipinski definition) is 3. The average molecular weight is 347 g/mol. The molecule has 1 saturated heterocycles. The third-order valence-corrected chi connectivity index (χ3v) is 4.45. The lowest BCUT2D eigenvalue weighted by Gasteiger charge is -2.19. The van der Waals surface area contributed by atoms with Gasteiger partial charge in [0.15, 0.2) is 0 Å². The molecule has 1 N–H and O–H groups in total. The number of carbonyl (C=O) groups is 2. The minimum Gasteiger partial charge on any atom is -0.339 e. The Bertz CT molecular complexity index is 739. The van der Waals surface area contributed by atoms with Crippen LogP contribution in [0.15, 0.2) is 36.9 Å². The van der Waals surface area contributed by atoms with Crippen LogP contribution in [-0.2, 0) is 4.79 Å². The normalized spacial score (nSPS) is 15.3. The molecule has 1 aromatic carbocycles. The minimum atomic E-state index is -0.432. The first-order valence-corrected chi connectivity index (χ1v) is 8.31. The Hall–Kier alpha value is -2.34. The molecule has 2 heterocycles. The van der Waals surface area contributed by atoms with E-state index < -0.39 is 6.04 Å². The summed E-state index contributed by atoms with van der Waals surface area (Å²) in [6.45, 7) is 3.25. The summed E-state index contributed by atoms with van der Waals surface area (Å²) in [5, 5.41) is 3.31. The maximum absolute atomic E-state index is 12.7. The monoisotopic (exact) mass is 346 g/mol. The summed E-state index contributed by atoms with van der Waals surface area (Å²) in [6.07, 6.45) is 6.94. The zero-order valence-corrected chi connectivity index (χ0v) is 14.2. The van der Waals surface area contributed by atoms with Crippen molar-refractivity contribution >= 4 is 29.1 Å². The lowest BCUT2D eigenvalue weighted by molar-refractivity contribution is -0.118. The Morgan fingerprint density at radius 1 is 1.29 bits per heavy atom. The van der Waals surface area contributed by atoms with Crippen molar-refractivity contribution < 1.29 is 9.59 Å². The molecule has 126 valence electrons. The fourth-order valence-electron chi connectivity index (χ4n) is 2.76. The Morgan fingerprint density at radius 2 is 2.04 bits per heavy atom. The molecule has 0 saturated carbocycles. The Balaban J connectivity index is 1.82. The van der Waals surface area contributed by atoms with Crippen LogP contribution in [0.1, 0.15) is 36.2 Å². The Kier molecular flexibility index (Phi) is 4.85. The van der Waals surface area contributed by atoms with E-state index in [0.717, 1.165) is 25.9 Å². The molecule has 1 aliphatic heterocycles. The van der Waals surface area contributed by atoms with Gasteiger partial charge in [0.05, 0.1) is 17.6 Å². The number of amides is 2. The number of imidazole rings is 1. The van der Waals surface area contributed by atoms with Crippen molar-refractivity contribution in [2.24, 2.45) is 0 Å². The Labute approximate surface area is 145 Å². The van der Waals surface area contributed by atoms with Gasteiger partial charge < -0.3 is 14.8 Å². The van der Waals surface area contributed by atoms with Gasteiger partial charge in [0.25, 0.3) is 5.91 Å². The predicted octanol–water partition coefficient (Wildman–Crippen LogP) is 2.97. The molecule has 6 nitrogen and oxygen atoms in total. The maximum atomic E-state index is 12.7. The molecule has 2 amide bonds. The molecule has 0 aliphatic carbocycles. The predicted molar refractivity (Wildman–Crippen MR) is 92.2 cm³/mol. The van der Waals surface area contributed by atoms with Crippen LogP contribution in [0, 0.1) is 0 Å². The first-order chi connectivity index (χ1) is 11.6. The summed E-state index contributed by atoms with van der Waals surface area (Å²) in [5.74, 6) is -0.314. The number of rotatable bonds is 4. The zero-order valence-electron chi connectivity index (χ0n) is 13.4. The van der Waals surface area contributed by atoms with E-state index in [1.165, 1.54) is 0 Å². The number of hydrogen-bond donors (Lipinski definition) is 1. The van der Waals surface area contributed by atoms with Gasteiger partial charge in [0.1, 0.15) is 6.04 Å². The largest absolute Gasteiger partial charge is 0.339 e. The number of anilines is 1. The van der Waals surface area contributed by atoms with E-state index in [1.54, 1.807) is 53.3 Å². The number of nitrogens with zero attached hydrogens (tertiary/aromatic N) is 3. The van der Waals surface area contributed by atoms with Crippen molar-refractivity contribution in [3.05, 3.63) is 47.5 Å². The summed E-state index contributed by atoms with van der Waals surface area (Å²) in [5.41, 5.74) is 0.906. The first kappa shape index (κ1) is 16.5. The highest BCUT2D eigenvalue weighted by molar-refractivity contribution is 6.31. The lowest BCUT2D eigenvalue weighted by Crippen LogP contribution is -2.30. The summed E-state index contributed by atoms with van der Waals surface area (Å²) in [7, 11) is 0. The van der Waals surface area contributed by atoms with Crippen LogP contribution in [0.25, 0.3) is 0 Å². The van der Waals surface area contributed by atoms with Crippen molar-refractivity contribution in [3.63, 3.8) is 0 Å². The van der Waals surface area contributed by atoms with Gasteiger partial charge in [-0.2, -0.15) is 0 Å². The second-order valence-corrected chi connectivity index (χ2v) is 6.30. The summed E-state index contributed by atoms with van der Waals surface area (Å²) in [6, 6.07) is 4.52. The van der Waals surface area contributed by atoms with Gasteiger partial charge >= 0.3 is 0 Å². The van der Waals surface area contributed by atoms with Crippen LogP contribution >= 0.6 is 11.6 Å². The molecule has 1 unspecified atom stereocenters. The van der Waals surface area contributed by atoms with Gasteiger partial charge in [-0.05, 0) is 38.0 Å². The van der Waals surface area contributed by atoms with Crippen LogP contribution in [-0.4, -0.2) is 39.4 Å². The van der Waals surface area contributed by atoms with Crippen molar-refractivity contribution in [2.75, 3.05) is 18.4 Å². The highest BCUT2D eigenvalue weighted by atomic mass is 35.5. The lowest BCUT2D eigenvalue weighted by atomic mass is 10.1. The van der Waals surface area contributed by atoms with Crippen molar-refractivity contribution in [2.45, 2.75) is 25.8 Å². The maximum Gasteiger partial charge on any atom is 0.256 e. The molecular weight excluding hydrogens is 328 g/mol. The van der Waals surface area contributed by atoms with Crippen molar-refractivity contribution in [3.8, 4) is 0 Å². The summed E-state index contributed by atoms with van der Waals surface area (Å²) in [4.78, 5) is 30.9. The molecule has 24 heavy (non-hydrogen) atoms. The molecular formula is C17H19ClN4O2. The van der Waals surface area contributed by atoms with E-state index in [9.17, 15) is 9.59 Å². The van der Waals surface area contributed by atoms with Crippen LogP contribution in [0.4, 0.5) is 5.69 Å². The van der Waals surface area contributed by atoms with E-state index in [1.807, 2.05) is 0 Å². The average Bonchev–Trinajstić information content (AvgIpc) is 3.28. The summed E-state index contributed by atoms with van der Waals surface area (Å²) >= 11 is 6.05. The van der Waals surface area contributed by atoms with E-state index in [2.05, 4.69) is 10.3 Å². The zero-order chi connectivity index (χ0) is 17.1. The first-order valence-electron chi connectivity index (χ1n) is 7.93. The van der Waals surface area contributed by atoms with Crippen molar-refractivity contribution in [1.29, 1.82) is 0 Å². The molecule has 0 radical (unpaired) electrons. The topological polar surface area (TPSA) is 67.2 Å². The number of halogens is 1. The quantitative estimate of drug-likeness (QED) is 0.925. The van der Waals surface area contributed by atoms with Crippen molar-refractivity contribution in [1.82, 2.24) is 14.5 Å². The number of carbonyl (C=O) groups excluding carboxylic acids is 2. The highest BCUT2D eigenvalue weighted by Gasteiger charge is 2.24. The SMILES string of the molecule is CC(C(=O)Nc1ccc(Cl)cc1C(=O)N1CCCC1)n1ccnc1. The van der Waals surface area contributed by atoms with E-state index in [4.69, 9.17) is 11.6 Å². The molecule has 1 aliphatic rings. The summed E-state index contributed by atoms with van der Waals surface area (Å²) < 4.78 is 1.70. The molecule has 0 bridgehead atoms. The van der Waals surface area contributed by atoms with Gasteiger partial charge in [-0.15, -0.1) is 0 Å². The molecule has 0 spiro atoms. The third-order valence-electron chi connectivity index (χ3n) is 4.21. The van der Waals surface area contributed by atoms with Crippen LogP contribution in [0.3, 0.4) is 0 Å². The van der Waals surface area contributed by atoms with Gasteiger partial charge in [-0.1, -0.05) is 11.6 Å². The number of benzene rings is 1. The third kappa shape index (κ3) is 3.43. The van der Waals surface area contributed by atoms with E-state index >= 15 is 0 Å². The Morgan fingerprint density at radius 3 is 2.71 bits per heavy atom. The fraction of sp³-hybridized carbons (Fsp3) is 0.353. The van der Waals surface area contributed by atoms with E-state index in [-0.39, 0.29) is 11.8 Å². The highest BCUT2D eigenvalue weighted by Crippen LogP contribution is 2.25. The van der Waals surface area contributed by atoms with Gasteiger partial charge in [0.2, 0.25) is 5.91 Å². The number of nitrogens with one attached hydrogen (secondary N) is 1. The smallest absolute Gasteiger partial charge is 0.256 e. The molecule has 1 aromatic heterocycles. The number of aromatic nitrogens is 2. The molecule has 3 rings (SSSR count). The molecule has 1 atom stereocenters.